The van der Waals surface area contributed by atoms with Crippen LogP contribution in [0.4, 0.5) is 0 Å². The molecule has 27 heavy (non-hydrogen) atoms. The molecule has 0 aliphatic rings. The lowest BCUT2D eigenvalue weighted by Gasteiger charge is -2.21. The summed E-state index contributed by atoms with van der Waals surface area (Å²) in [5.74, 6) is -0.0456. The van der Waals surface area contributed by atoms with Crippen molar-refractivity contribution in [1.82, 2.24) is 0 Å². The van der Waals surface area contributed by atoms with E-state index in [1.807, 2.05) is 0 Å². The molecule has 0 aromatic rings. The molecular weight excluding hydrogens is 332 g/mol. The lowest BCUT2D eigenvalue weighted by molar-refractivity contribution is -0.142. The molecule has 0 saturated heterocycles. The third-order valence-electron chi connectivity index (χ3n) is 6.04. The Morgan fingerprint density at radius 2 is 1.04 bits per heavy atom. The molecule has 2 unspecified atom stereocenters. The van der Waals surface area contributed by atoms with Crippen LogP contribution in [0.5, 0.6) is 0 Å². The monoisotopic (exact) mass is 382 g/mol. The second-order valence-electron chi connectivity index (χ2n) is 8.75. The second-order valence-corrected chi connectivity index (χ2v) is 8.75. The van der Waals surface area contributed by atoms with E-state index in [9.17, 15) is 9.90 Å². The average Bonchev–Trinajstić information content (AvgIpc) is 2.65. The van der Waals surface area contributed by atoms with Gasteiger partial charge in [0.2, 0.25) is 0 Å². The lowest BCUT2D eigenvalue weighted by Crippen LogP contribution is -2.18. The van der Waals surface area contributed by atoms with Crippen LogP contribution in [0.2, 0.25) is 0 Å². The largest absolute Gasteiger partial charge is 0.481 e. The van der Waals surface area contributed by atoms with E-state index in [1.165, 1.54) is 103 Å². The number of carbonyl (C=O) groups is 1. The van der Waals surface area contributed by atoms with Crippen LogP contribution in [0.3, 0.4) is 0 Å². The summed E-state index contributed by atoms with van der Waals surface area (Å²) in [6.07, 6.45) is 23.8. The van der Waals surface area contributed by atoms with Crippen LogP contribution < -0.4 is 0 Å². The zero-order chi connectivity index (χ0) is 20.2. The lowest BCUT2D eigenvalue weighted by atomic mass is 9.85. The summed E-state index contributed by atoms with van der Waals surface area (Å²) in [6, 6.07) is 0. The van der Waals surface area contributed by atoms with Crippen LogP contribution in [0, 0.1) is 11.8 Å². The Morgan fingerprint density at radius 1 is 0.593 bits per heavy atom. The van der Waals surface area contributed by atoms with E-state index in [0.29, 0.717) is 5.92 Å². The highest BCUT2D eigenvalue weighted by atomic mass is 16.4. The van der Waals surface area contributed by atoms with Crippen LogP contribution in [-0.4, -0.2) is 11.1 Å². The fraction of sp³-hybridized carbons (Fsp3) is 0.960. The Bertz CT molecular complexity index is 313. The van der Waals surface area contributed by atoms with E-state index in [-0.39, 0.29) is 5.92 Å². The predicted molar refractivity (Wildman–Crippen MR) is 119 cm³/mol. The maximum absolute atomic E-state index is 11.7. The normalized spacial score (nSPS) is 13.6. The Labute approximate surface area is 170 Å². The highest BCUT2D eigenvalue weighted by Crippen LogP contribution is 2.27. The molecule has 0 bridgehead atoms. The number of aliphatic carboxylic acids is 1. The van der Waals surface area contributed by atoms with Gasteiger partial charge in [0, 0.05) is 0 Å². The van der Waals surface area contributed by atoms with Gasteiger partial charge in [-0.15, -0.1) is 0 Å². The van der Waals surface area contributed by atoms with Crippen molar-refractivity contribution in [2.75, 3.05) is 0 Å². The molecular formula is C25H50O2. The maximum Gasteiger partial charge on any atom is 0.306 e. The summed E-state index contributed by atoms with van der Waals surface area (Å²) in [5, 5.41) is 9.62. The summed E-state index contributed by atoms with van der Waals surface area (Å²) < 4.78 is 0. The number of carboxylic acids is 1. The van der Waals surface area contributed by atoms with Crippen molar-refractivity contribution < 1.29 is 9.90 Å². The number of hydrogen-bond acceptors (Lipinski definition) is 1. The van der Waals surface area contributed by atoms with Gasteiger partial charge in [-0.25, -0.2) is 0 Å². The Kier molecular flexibility index (Phi) is 19.8. The SMILES string of the molecule is CCCCCCCCCCCCCC(CC(CCC)CCCCC)C(=O)O. The third-order valence-corrected chi connectivity index (χ3v) is 6.04. The van der Waals surface area contributed by atoms with Gasteiger partial charge in [0.05, 0.1) is 5.92 Å². The molecule has 0 aliphatic carbocycles. The van der Waals surface area contributed by atoms with Gasteiger partial charge in [0.1, 0.15) is 0 Å². The van der Waals surface area contributed by atoms with Crippen molar-refractivity contribution in [3.8, 4) is 0 Å². The van der Waals surface area contributed by atoms with Crippen molar-refractivity contribution in [3.63, 3.8) is 0 Å². The molecule has 0 aliphatic heterocycles. The number of rotatable bonds is 21. The number of carboxylic acid groups (broad SMARTS) is 1. The Morgan fingerprint density at radius 3 is 1.52 bits per heavy atom. The van der Waals surface area contributed by atoms with Crippen molar-refractivity contribution in [1.29, 1.82) is 0 Å². The minimum absolute atomic E-state index is 0.109. The molecule has 0 amide bonds. The molecule has 2 atom stereocenters. The Hall–Kier alpha value is -0.530. The molecule has 2 heteroatoms. The van der Waals surface area contributed by atoms with Gasteiger partial charge in [-0.2, -0.15) is 0 Å². The zero-order valence-corrected chi connectivity index (χ0v) is 18.9. The van der Waals surface area contributed by atoms with Crippen LogP contribution in [0.15, 0.2) is 0 Å². The number of hydrogen-bond donors (Lipinski definition) is 1. The van der Waals surface area contributed by atoms with Gasteiger partial charge in [-0.3, -0.25) is 4.79 Å². The fourth-order valence-corrected chi connectivity index (χ4v) is 4.27. The molecule has 0 aromatic heterocycles. The van der Waals surface area contributed by atoms with Crippen molar-refractivity contribution >= 4 is 5.97 Å². The standard InChI is InChI=1S/C25H50O2/c1-4-7-9-10-11-12-13-14-15-16-18-21-24(25(26)27)22-23(19-6-3)20-17-8-5-2/h23-24H,4-22H2,1-3H3,(H,26,27). The minimum Gasteiger partial charge on any atom is -0.481 e. The predicted octanol–water partition coefficient (Wildman–Crippen LogP) is 8.78. The van der Waals surface area contributed by atoms with E-state index in [1.54, 1.807) is 0 Å². The zero-order valence-electron chi connectivity index (χ0n) is 18.9. The van der Waals surface area contributed by atoms with Crippen molar-refractivity contribution in [2.24, 2.45) is 11.8 Å². The van der Waals surface area contributed by atoms with E-state index in [2.05, 4.69) is 20.8 Å². The summed E-state index contributed by atoms with van der Waals surface area (Å²) >= 11 is 0. The van der Waals surface area contributed by atoms with Crippen molar-refractivity contribution in [3.05, 3.63) is 0 Å². The van der Waals surface area contributed by atoms with Gasteiger partial charge in [0.25, 0.3) is 0 Å². The summed E-state index contributed by atoms with van der Waals surface area (Å²) in [4.78, 5) is 11.7. The maximum atomic E-state index is 11.7. The fourth-order valence-electron chi connectivity index (χ4n) is 4.27. The molecule has 0 rings (SSSR count). The molecule has 2 nitrogen and oxygen atoms in total. The molecule has 1 N–H and O–H groups in total. The Balaban J connectivity index is 3.83. The van der Waals surface area contributed by atoms with Crippen LogP contribution in [-0.2, 0) is 4.79 Å². The molecule has 0 fully saturated rings. The van der Waals surface area contributed by atoms with Gasteiger partial charge < -0.3 is 5.11 Å². The summed E-state index contributed by atoms with van der Waals surface area (Å²) in [7, 11) is 0. The molecule has 0 heterocycles. The highest BCUT2D eigenvalue weighted by molar-refractivity contribution is 5.69. The smallest absolute Gasteiger partial charge is 0.306 e. The highest BCUT2D eigenvalue weighted by Gasteiger charge is 2.21. The van der Waals surface area contributed by atoms with Crippen LogP contribution >= 0.6 is 0 Å². The van der Waals surface area contributed by atoms with E-state index in [4.69, 9.17) is 0 Å². The van der Waals surface area contributed by atoms with Crippen LogP contribution in [0.25, 0.3) is 0 Å². The second kappa shape index (κ2) is 20.2. The number of unbranched alkanes of at least 4 members (excludes halogenated alkanes) is 12. The first kappa shape index (κ1) is 26.5. The molecule has 0 spiro atoms. The van der Waals surface area contributed by atoms with Gasteiger partial charge in [-0.05, 0) is 18.8 Å². The first-order valence-corrected chi connectivity index (χ1v) is 12.4. The summed E-state index contributed by atoms with van der Waals surface area (Å²) in [5.41, 5.74) is 0. The van der Waals surface area contributed by atoms with Crippen molar-refractivity contribution in [2.45, 2.75) is 143 Å². The topological polar surface area (TPSA) is 37.3 Å². The molecule has 0 aromatic carbocycles. The first-order chi connectivity index (χ1) is 13.2. The average molecular weight is 383 g/mol. The van der Waals surface area contributed by atoms with Gasteiger partial charge >= 0.3 is 5.97 Å². The minimum atomic E-state index is -0.557. The molecule has 162 valence electrons. The van der Waals surface area contributed by atoms with E-state index in [0.717, 1.165) is 19.3 Å². The van der Waals surface area contributed by atoms with E-state index < -0.39 is 5.97 Å². The van der Waals surface area contributed by atoms with E-state index >= 15 is 0 Å². The van der Waals surface area contributed by atoms with Gasteiger partial charge in [0.15, 0.2) is 0 Å². The first-order valence-electron chi connectivity index (χ1n) is 12.4. The molecule has 0 saturated carbocycles. The third kappa shape index (κ3) is 17.3. The molecule has 0 radical (unpaired) electrons. The van der Waals surface area contributed by atoms with Gasteiger partial charge in [-0.1, -0.05) is 130 Å². The quantitative estimate of drug-likeness (QED) is 0.201. The van der Waals surface area contributed by atoms with Crippen LogP contribution in [0.1, 0.15) is 143 Å². The summed E-state index contributed by atoms with van der Waals surface area (Å²) in [6.45, 7) is 6.74.